The van der Waals surface area contributed by atoms with Crippen LogP contribution in [-0.4, -0.2) is 33.5 Å². The molecule has 2 rings (SSSR count). The van der Waals surface area contributed by atoms with Crippen molar-refractivity contribution in [3.05, 3.63) is 30.1 Å². The number of pyridine rings is 1. The number of aliphatic carboxylic acids is 1. The summed E-state index contributed by atoms with van der Waals surface area (Å²) in [4.78, 5) is 17.8. The maximum absolute atomic E-state index is 11.7. The molecule has 1 fully saturated rings. The van der Waals surface area contributed by atoms with Crippen molar-refractivity contribution in [1.29, 1.82) is 0 Å². The summed E-state index contributed by atoms with van der Waals surface area (Å²) in [5.74, 6) is -0.806. The smallest absolute Gasteiger partial charge is 0.328 e. The highest BCUT2D eigenvalue weighted by Crippen LogP contribution is 2.34. The maximum atomic E-state index is 11.7. The van der Waals surface area contributed by atoms with Gasteiger partial charge in [0.25, 0.3) is 0 Å². The van der Waals surface area contributed by atoms with E-state index in [-0.39, 0.29) is 0 Å². The summed E-state index contributed by atoms with van der Waals surface area (Å²) in [6.07, 6.45) is 5.44. The Hall–Kier alpha value is -1.42. The Kier molecular flexibility index (Phi) is 3.15. The third-order valence-corrected chi connectivity index (χ3v) is 3.77. The Morgan fingerprint density at radius 1 is 1.65 bits per heavy atom. The van der Waals surface area contributed by atoms with Crippen molar-refractivity contribution in [2.45, 2.75) is 38.3 Å². The molecule has 0 bridgehead atoms. The lowest BCUT2D eigenvalue weighted by molar-refractivity contribution is -0.152. The van der Waals surface area contributed by atoms with Crippen molar-refractivity contribution in [3.63, 3.8) is 0 Å². The van der Waals surface area contributed by atoms with Crippen LogP contribution in [0.3, 0.4) is 0 Å². The number of rotatable bonds is 3. The normalized spacial score (nSPS) is 24.5. The molecule has 1 aliphatic rings. The molecule has 0 spiro atoms. The fraction of sp³-hybridized carbons (Fsp3) is 0.538. The molecule has 0 aromatic carbocycles. The SMILES string of the molecule is CC1CCCN1C(C)(C(=O)O)c1cccnc1. The predicted molar refractivity (Wildman–Crippen MR) is 64.6 cm³/mol. The van der Waals surface area contributed by atoms with E-state index in [1.54, 1.807) is 25.4 Å². The summed E-state index contributed by atoms with van der Waals surface area (Å²) in [6.45, 7) is 4.69. The van der Waals surface area contributed by atoms with Crippen LogP contribution in [0, 0.1) is 0 Å². The van der Waals surface area contributed by atoms with E-state index in [0.717, 1.165) is 24.9 Å². The molecular weight excluding hydrogens is 216 g/mol. The van der Waals surface area contributed by atoms with Gasteiger partial charge in [0.1, 0.15) is 5.54 Å². The molecule has 0 aliphatic carbocycles. The van der Waals surface area contributed by atoms with Crippen molar-refractivity contribution in [3.8, 4) is 0 Å². The van der Waals surface area contributed by atoms with E-state index in [2.05, 4.69) is 16.8 Å². The van der Waals surface area contributed by atoms with Crippen molar-refractivity contribution >= 4 is 5.97 Å². The highest BCUT2D eigenvalue weighted by Gasteiger charge is 2.45. The number of likely N-dealkylation sites (tertiary alicyclic amines) is 1. The first-order valence-corrected chi connectivity index (χ1v) is 5.97. The van der Waals surface area contributed by atoms with Gasteiger partial charge in [-0.3, -0.25) is 9.88 Å². The average molecular weight is 234 g/mol. The molecule has 1 aliphatic heterocycles. The van der Waals surface area contributed by atoms with E-state index in [1.807, 2.05) is 6.07 Å². The van der Waals surface area contributed by atoms with Crippen LogP contribution in [0.5, 0.6) is 0 Å². The van der Waals surface area contributed by atoms with Crippen molar-refractivity contribution in [1.82, 2.24) is 9.88 Å². The van der Waals surface area contributed by atoms with E-state index >= 15 is 0 Å². The van der Waals surface area contributed by atoms with Crippen LogP contribution in [0.4, 0.5) is 0 Å². The molecule has 92 valence electrons. The standard InChI is InChI=1S/C13H18N2O2/c1-10-5-4-8-15(10)13(2,12(16)17)11-6-3-7-14-9-11/h3,6-7,9-10H,4-5,8H2,1-2H3,(H,16,17). The zero-order chi connectivity index (χ0) is 12.5. The van der Waals surface area contributed by atoms with Gasteiger partial charge in [-0.05, 0) is 39.3 Å². The fourth-order valence-electron chi connectivity index (χ4n) is 2.66. The van der Waals surface area contributed by atoms with Crippen LogP contribution in [0.25, 0.3) is 0 Å². The molecule has 1 N–H and O–H groups in total. The van der Waals surface area contributed by atoms with Crippen molar-refractivity contribution in [2.24, 2.45) is 0 Å². The molecule has 2 atom stereocenters. The van der Waals surface area contributed by atoms with Crippen LogP contribution in [0.15, 0.2) is 24.5 Å². The summed E-state index contributed by atoms with van der Waals surface area (Å²) in [5, 5.41) is 9.59. The first-order chi connectivity index (χ1) is 8.06. The molecule has 1 aromatic rings. The zero-order valence-electron chi connectivity index (χ0n) is 10.3. The Morgan fingerprint density at radius 3 is 2.88 bits per heavy atom. The minimum Gasteiger partial charge on any atom is -0.480 e. The summed E-state index contributed by atoms with van der Waals surface area (Å²) in [6, 6.07) is 3.93. The van der Waals surface area contributed by atoms with Crippen LogP contribution in [-0.2, 0) is 10.3 Å². The second-order valence-electron chi connectivity index (χ2n) is 4.80. The van der Waals surface area contributed by atoms with Gasteiger partial charge in [-0.2, -0.15) is 0 Å². The minimum atomic E-state index is -0.968. The topological polar surface area (TPSA) is 53.4 Å². The Bertz CT molecular complexity index is 407. The Labute approximate surface area is 101 Å². The van der Waals surface area contributed by atoms with Gasteiger partial charge in [0, 0.05) is 24.0 Å². The number of hydrogen-bond acceptors (Lipinski definition) is 3. The molecule has 17 heavy (non-hydrogen) atoms. The molecule has 1 aromatic heterocycles. The Balaban J connectivity index is 2.43. The van der Waals surface area contributed by atoms with Gasteiger partial charge >= 0.3 is 5.97 Å². The molecule has 0 radical (unpaired) electrons. The summed E-state index contributed by atoms with van der Waals surface area (Å²) in [7, 11) is 0. The lowest BCUT2D eigenvalue weighted by Crippen LogP contribution is -2.51. The lowest BCUT2D eigenvalue weighted by Gasteiger charge is -2.38. The van der Waals surface area contributed by atoms with E-state index < -0.39 is 11.5 Å². The number of aromatic nitrogens is 1. The average Bonchev–Trinajstić information content (AvgIpc) is 2.76. The van der Waals surface area contributed by atoms with Gasteiger partial charge < -0.3 is 5.11 Å². The third-order valence-electron chi connectivity index (χ3n) is 3.77. The largest absolute Gasteiger partial charge is 0.480 e. The van der Waals surface area contributed by atoms with Gasteiger partial charge in [-0.1, -0.05) is 6.07 Å². The highest BCUT2D eigenvalue weighted by atomic mass is 16.4. The molecule has 2 heterocycles. The lowest BCUT2D eigenvalue weighted by atomic mass is 9.90. The van der Waals surface area contributed by atoms with Crippen LogP contribution < -0.4 is 0 Å². The molecule has 1 saturated heterocycles. The van der Waals surface area contributed by atoms with Crippen LogP contribution in [0.1, 0.15) is 32.3 Å². The van der Waals surface area contributed by atoms with E-state index in [4.69, 9.17) is 0 Å². The second kappa shape index (κ2) is 4.45. The van der Waals surface area contributed by atoms with Gasteiger partial charge in [-0.25, -0.2) is 4.79 Å². The molecule has 4 nitrogen and oxygen atoms in total. The molecule has 4 heteroatoms. The van der Waals surface area contributed by atoms with Crippen LogP contribution >= 0.6 is 0 Å². The van der Waals surface area contributed by atoms with Gasteiger partial charge in [0.2, 0.25) is 0 Å². The Morgan fingerprint density at radius 2 is 2.41 bits per heavy atom. The molecule has 0 saturated carbocycles. The molecule has 0 amide bonds. The van der Waals surface area contributed by atoms with E-state index in [0.29, 0.717) is 6.04 Å². The fourth-order valence-corrected chi connectivity index (χ4v) is 2.66. The van der Waals surface area contributed by atoms with Crippen LogP contribution in [0.2, 0.25) is 0 Å². The number of carboxylic acids is 1. The third kappa shape index (κ3) is 1.93. The quantitative estimate of drug-likeness (QED) is 0.867. The highest BCUT2D eigenvalue weighted by molar-refractivity contribution is 5.80. The second-order valence-corrected chi connectivity index (χ2v) is 4.80. The van der Waals surface area contributed by atoms with Gasteiger partial charge in [0.05, 0.1) is 0 Å². The maximum Gasteiger partial charge on any atom is 0.328 e. The van der Waals surface area contributed by atoms with E-state index in [1.165, 1.54) is 0 Å². The van der Waals surface area contributed by atoms with Crippen molar-refractivity contribution in [2.75, 3.05) is 6.54 Å². The number of carboxylic acid groups (broad SMARTS) is 1. The summed E-state index contributed by atoms with van der Waals surface area (Å²) in [5.41, 5.74) is -0.217. The van der Waals surface area contributed by atoms with Crippen molar-refractivity contribution < 1.29 is 9.90 Å². The first-order valence-electron chi connectivity index (χ1n) is 5.97. The number of hydrogen-bond donors (Lipinski definition) is 1. The summed E-state index contributed by atoms with van der Waals surface area (Å²) >= 11 is 0. The number of nitrogens with zero attached hydrogens (tertiary/aromatic N) is 2. The van der Waals surface area contributed by atoms with Gasteiger partial charge in [-0.15, -0.1) is 0 Å². The minimum absolute atomic E-state index is 0.302. The first kappa shape index (κ1) is 12.0. The predicted octanol–water partition coefficient (Wildman–Crippen LogP) is 1.87. The molecular formula is C13H18N2O2. The van der Waals surface area contributed by atoms with Gasteiger partial charge in [0.15, 0.2) is 0 Å². The van der Waals surface area contributed by atoms with E-state index in [9.17, 15) is 9.90 Å². The molecule has 2 unspecified atom stereocenters. The zero-order valence-corrected chi connectivity index (χ0v) is 10.3. The monoisotopic (exact) mass is 234 g/mol. The summed E-state index contributed by atoms with van der Waals surface area (Å²) < 4.78 is 0. The number of carbonyl (C=O) groups is 1.